The van der Waals surface area contributed by atoms with Gasteiger partial charge in [-0.3, -0.25) is 0 Å². The van der Waals surface area contributed by atoms with Crippen LogP contribution in [0.3, 0.4) is 0 Å². The number of halogens is 2. The quantitative estimate of drug-likeness (QED) is 0.727. The fraction of sp³-hybridized carbons (Fsp3) is 0.455. The van der Waals surface area contributed by atoms with Crippen molar-refractivity contribution in [1.29, 1.82) is 0 Å². The standard InChI is InChI=1S/C11H16F2N2O3S/c1-18-6-2-5-15-19(16,17)10-4-3-9(12)8(7-14)11(10)13/h3-4,15H,2,5-7,14H2,1H3. The number of rotatable bonds is 7. The van der Waals surface area contributed by atoms with Crippen molar-refractivity contribution in [2.24, 2.45) is 5.73 Å². The van der Waals surface area contributed by atoms with Gasteiger partial charge in [-0.1, -0.05) is 0 Å². The summed E-state index contributed by atoms with van der Waals surface area (Å²) in [5.74, 6) is -2.01. The van der Waals surface area contributed by atoms with Gasteiger partial charge in [0.15, 0.2) is 5.82 Å². The normalized spacial score (nSPS) is 11.8. The minimum Gasteiger partial charge on any atom is -0.385 e. The van der Waals surface area contributed by atoms with Crippen LogP contribution in [0.4, 0.5) is 8.78 Å². The minimum atomic E-state index is -4.02. The van der Waals surface area contributed by atoms with E-state index in [4.69, 9.17) is 10.5 Å². The van der Waals surface area contributed by atoms with Crippen LogP contribution < -0.4 is 10.5 Å². The van der Waals surface area contributed by atoms with Crippen molar-refractivity contribution >= 4 is 10.0 Å². The van der Waals surface area contributed by atoms with Crippen molar-refractivity contribution in [2.75, 3.05) is 20.3 Å². The molecule has 0 saturated carbocycles. The molecule has 0 unspecified atom stereocenters. The van der Waals surface area contributed by atoms with Crippen LogP contribution in [0.15, 0.2) is 17.0 Å². The van der Waals surface area contributed by atoms with Crippen LogP contribution in [0.2, 0.25) is 0 Å². The van der Waals surface area contributed by atoms with Crippen molar-refractivity contribution in [3.63, 3.8) is 0 Å². The predicted octanol–water partition coefficient (Wildman–Crippen LogP) is 0.738. The van der Waals surface area contributed by atoms with Crippen molar-refractivity contribution in [1.82, 2.24) is 4.72 Å². The molecule has 1 aromatic carbocycles. The second-order valence-corrected chi connectivity index (χ2v) is 5.52. The van der Waals surface area contributed by atoms with Gasteiger partial charge in [0.05, 0.1) is 0 Å². The number of hydrogen-bond donors (Lipinski definition) is 2. The van der Waals surface area contributed by atoms with Gasteiger partial charge in [-0.05, 0) is 18.6 Å². The molecule has 0 saturated heterocycles. The summed E-state index contributed by atoms with van der Waals surface area (Å²) in [6, 6.07) is 1.76. The Hall–Kier alpha value is -1.09. The number of hydrogen-bond acceptors (Lipinski definition) is 4. The van der Waals surface area contributed by atoms with Crippen LogP contribution >= 0.6 is 0 Å². The first-order valence-corrected chi connectivity index (χ1v) is 7.08. The Morgan fingerprint density at radius 2 is 2.05 bits per heavy atom. The molecule has 0 spiro atoms. The molecule has 8 heteroatoms. The van der Waals surface area contributed by atoms with Gasteiger partial charge in [-0.2, -0.15) is 0 Å². The van der Waals surface area contributed by atoms with Crippen LogP contribution in [0.1, 0.15) is 12.0 Å². The first-order valence-electron chi connectivity index (χ1n) is 5.59. The van der Waals surface area contributed by atoms with E-state index in [1.54, 1.807) is 0 Å². The van der Waals surface area contributed by atoms with E-state index < -0.39 is 38.7 Å². The predicted molar refractivity (Wildman–Crippen MR) is 65.9 cm³/mol. The Bertz CT molecular complexity index is 535. The molecular weight excluding hydrogens is 278 g/mol. The highest BCUT2D eigenvalue weighted by molar-refractivity contribution is 7.89. The average Bonchev–Trinajstić information content (AvgIpc) is 2.35. The molecule has 0 aliphatic rings. The third-order valence-electron chi connectivity index (χ3n) is 2.46. The SMILES string of the molecule is COCCCNS(=O)(=O)c1ccc(F)c(CN)c1F. The number of nitrogens with one attached hydrogen (secondary N) is 1. The first kappa shape index (κ1) is 16.0. The minimum absolute atomic E-state index is 0.102. The highest BCUT2D eigenvalue weighted by Gasteiger charge is 2.22. The van der Waals surface area contributed by atoms with Gasteiger partial charge in [0, 0.05) is 32.4 Å². The highest BCUT2D eigenvalue weighted by Crippen LogP contribution is 2.20. The second kappa shape index (κ2) is 6.90. The van der Waals surface area contributed by atoms with Gasteiger partial charge in [0.2, 0.25) is 10.0 Å². The summed E-state index contributed by atoms with van der Waals surface area (Å²) in [5.41, 5.74) is 4.75. The Labute approximate surface area is 110 Å². The molecule has 19 heavy (non-hydrogen) atoms. The number of methoxy groups -OCH3 is 1. The maximum atomic E-state index is 13.8. The fourth-order valence-corrected chi connectivity index (χ4v) is 2.65. The van der Waals surface area contributed by atoms with Crippen LogP contribution in [0.5, 0.6) is 0 Å². The summed E-state index contributed by atoms with van der Waals surface area (Å²) in [4.78, 5) is -0.605. The van der Waals surface area contributed by atoms with E-state index in [2.05, 4.69) is 4.72 Å². The molecular formula is C11H16F2N2O3S. The molecule has 5 nitrogen and oxygen atoms in total. The smallest absolute Gasteiger partial charge is 0.243 e. The topological polar surface area (TPSA) is 81.4 Å². The third-order valence-corrected chi connectivity index (χ3v) is 3.94. The monoisotopic (exact) mass is 294 g/mol. The van der Waals surface area contributed by atoms with E-state index in [1.165, 1.54) is 7.11 Å². The Kier molecular flexibility index (Phi) is 5.80. The third kappa shape index (κ3) is 3.93. The lowest BCUT2D eigenvalue weighted by atomic mass is 10.2. The average molecular weight is 294 g/mol. The zero-order chi connectivity index (χ0) is 14.5. The lowest BCUT2D eigenvalue weighted by Gasteiger charge is -2.10. The molecule has 0 radical (unpaired) electrons. The molecule has 1 aromatic rings. The fourth-order valence-electron chi connectivity index (χ4n) is 1.47. The Balaban J connectivity index is 2.96. The molecule has 0 bridgehead atoms. The van der Waals surface area contributed by atoms with Gasteiger partial charge in [-0.15, -0.1) is 0 Å². The zero-order valence-corrected chi connectivity index (χ0v) is 11.3. The molecule has 0 fully saturated rings. The molecule has 0 aliphatic carbocycles. The molecule has 0 heterocycles. The van der Waals surface area contributed by atoms with Crippen LogP contribution in [-0.2, 0) is 21.3 Å². The van der Waals surface area contributed by atoms with E-state index >= 15 is 0 Å². The summed E-state index contributed by atoms with van der Waals surface area (Å²) in [7, 11) is -2.54. The van der Waals surface area contributed by atoms with Gasteiger partial charge in [0.1, 0.15) is 10.7 Å². The molecule has 0 aliphatic heterocycles. The van der Waals surface area contributed by atoms with E-state index in [0.717, 1.165) is 12.1 Å². The summed E-state index contributed by atoms with van der Waals surface area (Å²) in [5, 5.41) is 0. The van der Waals surface area contributed by atoms with Crippen LogP contribution in [0, 0.1) is 11.6 Å². The van der Waals surface area contributed by atoms with Gasteiger partial charge < -0.3 is 10.5 Å². The molecule has 0 aromatic heterocycles. The van der Waals surface area contributed by atoms with Gasteiger partial charge in [-0.25, -0.2) is 21.9 Å². The van der Waals surface area contributed by atoms with Crippen molar-refractivity contribution in [2.45, 2.75) is 17.9 Å². The summed E-state index contributed by atoms with van der Waals surface area (Å²) in [6.45, 7) is 0.0676. The number of nitrogens with two attached hydrogens (primary N) is 1. The second-order valence-electron chi connectivity index (χ2n) is 3.79. The Morgan fingerprint density at radius 1 is 1.37 bits per heavy atom. The van der Waals surface area contributed by atoms with Crippen LogP contribution in [-0.4, -0.2) is 28.7 Å². The maximum absolute atomic E-state index is 13.8. The van der Waals surface area contributed by atoms with E-state index in [9.17, 15) is 17.2 Å². The summed E-state index contributed by atoms with van der Waals surface area (Å²) >= 11 is 0. The zero-order valence-electron chi connectivity index (χ0n) is 10.4. The van der Waals surface area contributed by atoms with Crippen molar-refractivity contribution in [3.8, 4) is 0 Å². The Morgan fingerprint density at radius 3 is 2.63 bits per heavy atom. The summed E-state index contributed by atoms with van der Waals surface area (Å²) < 4.78 is 57.7. The van der Waals surface area contributed by atoms with E-state index in [0.29, 0.717) is 13.0 Å². The largest absolute Gasteiger partial charge is 0.385 e. The lowest BCUT2D eigenvalue weighted by Crippen LogP contribution is -2.27. The molecule has 1 rings (SSSR count). The van der Waals surface area contributed by atoms with Crippen molar-refractivity contribution in [3.05, 3.63) is 29.3 Å². The van der Waals surface area contributed by atoms with E-state index in [1.807, 2.05) is 0 Å². The van der Waals surface area contributed by atoms with Crippen LogP contribution in [0.25, 0.3) is 0 Å². The van der Waals surface area contributed by atoms with Crippen molar-refractivity contribution < 1.29 is 21.9 Å². The molecule has 3 N–H and O–H groups in total. The number of ether oxygens (including phenoxy) is 1. The number of sulfonamides is 1. The molecule has 0 amide bonds. The number of benzene rings is 1. The molecule has 108 valence electrons. The molecule has 0 atom stereocenters. The van der Waals surface area contributed by atoms with Gasteiger partial charge in [0.25, 0.3) is 0 Å². The lowest BCUT2D eigenvalue weighted by molar-refractivity contribution is 0.196. The van der Waals surface area contributed by atoms with Gasteiger partial charge >= 0.3 is 0 Å². The van der Waals surface area contributed by atoms with E-state index in [-0.39, 0.29) is 6.54 Å². The summed E-state index contributed by atoms with van der Waals surface area (Å²) in [6.07, 6.45) is 0.447. The maximum Gasteiger partial charge on any atom is 0.243 e. The highest BCUT2D eigenvalue weighted by atomic mass is 32.2. The first-order chi connectivity index (χ1) is 8.94.